The molecule has 3 rings (SSSR count). The number of pyridine rings is 1. The Hall–Kier alpha value is -3.09. The normalized spacial score (nSPS) is 13.7. The van der Waals surface area contributed by atoms with Gasteiger partial charge >= 0.3 is 0 Å². The first-order chi connectivity index (χ1) is 13.5. The van der Waals surface area contributed by atoms with Crippen LogP contribution in [0.15, 0.2) is 42.6 Å². The van der Waals surface area contributed by atoms with E-state index in [-0.39, 0.29) is 18.4 Å². The number of likely N-dealkylation sites (N-methyl/N-ethyl adjacent to an activating group) is 1. The molecule has 1 aromatic heterocycles. The maximum atomic E-state index is 12.5. The predicted molar refractivity (Wildman–Crippen MR) is 109 cm³/mol. The van der Waals surface area contributed by atoms with Crippen LogP contribution in [-0.2, 0) is 4.79 Å². The molecule has 1 saturated heterocycles. The summed E-state index contributed by atoms with van der Waals surface area (Å²) in [6.07, 6.45) is 5.34. The summed E-state index contributed by atoms with van der Waals surface area (Å²) in [5.41, 5.74) is 1.09. The van der Waals surface area contributed by atoms with E-state index in [1.54, 1.807) is 44.6 Å². The van der Waals surface area contributed by atoms with E-state index in [1.165, 1.54) is 24.2 Å². The van der Waals surface area contributed by atoms with Gasteiger partial charge in [0.05, 0.1) is 11.9 Å². The summed E-state index contributed by atoms with van der Waals surface area (Å²) in [5, 5.41) is 2.85. The molecule has 0 saturated carbocycles. The van der Waals surface area contributed by atoms with E-state index in [0.29, 0.717) is 17.0 Å². The van der Waals surface area contributed by atoms with Crippen molar-refractivity contribution in [3.8, 4) is 5.75 Å². The summed E-state index contributed by atoms with van der Waals surface area (Å²) in [4.78, 5) is 32.3. The molecule has 2 amide bonds. The molecule has 0 spiro atoms. The topological polar surface area (TPSA) is 74.8 Å². The number of piperidine rings is 1. The molecule has 148 valence electrons. The second-order valence-electron chi connectivity index (χ2n) is 7.01. The molecular formula is C21H26N4O3. The van der Waals surface area contributed by atoms with Gasteiger partial charge < -0.3 is 19.9 Å². The van der Waals surface area contributed by atoms with Crippen molar-refractivity contribution in [3.63, 3.8) is 0 Å². The van der Waals surface area contributed by atoms with Crippen LogP contribution in [0, 0.1) is 0 Å². The van der Waals surface area contributed by atoms with Crippen LogP contribution in [0.4, 0.5) is 11.5 Å². The predicted octanol–water partition coefficient (Wildman–Crippen LogP) is 2.79. The van der Waals surface area contributed by atoms with Crippen LogP contribution in [0.1, 0.15) is 29.6 Å². The van der Waals surface area contributed by atoms with Crippen LogP contribution in [0.2, 0.25) is 0 Å². The number of hydrogen-bond acceptors (Lipinski definition) is 5. The number of amides is 2. The number of aromatic nitrogens is 1. The van der Waals surface area contributed by atoms with Crippen molar-refractivity contribution < 1.29 is 14.3 Å². The van der Waals surface area contributed by atoms with E-state index >= 15 is 0 Å². The van der Waals surface area contributed by atoms with Crippen molar-refractivity contribution in [2.75, 3.05) is 44.0 Å². The third kappa shape index (κ3) is 5.22. The zero-order valence-electron chi connectivity index (χ0n) is 16.4. The Kier molecular flexibility index (Phi) is 6.47. The van der Waals surface area contributed by atoms with Crippen LogP contribution in [0.3, 0.4) is 0 Å². The van der Waals surface area contributed by atoms with Crippen LogP contribution in [0.25, 0.3) is 0 Å². The third-order valence-electron chi connectivity index (χ3n) is 4.64. The first-order valence-electron chi connectivity index (χ1n) is 9.48. The number of carbonyl (C=O) groups is 2. The van der Waals surface area contributed by atoms with E-state index in [0.717, 1.165) is 18.9 Å². The minimum absolute atomic E-state index is 0.0695. The SMILES string of the molecule is CN(C)C(=O)COc1cccc(C(=O)Nc2ccc(N3CCCCC3)nc2)c1. The second kappa shape index (κ2) is 9.21. The number of anilines is 2. The highest BCUT2D eigenvalue weighted by molar-refractivity contribution is 6.04. The van der Waals surface area contributed by atoms with E-state index in [4.69, 9.17) is 4.74 Å². The molecule has 1 fully saturated rings. The number of benzene rings is 1. The average molecular weight is 382 g/mol. The van der Waals surface area contributed by atoms with Crippen molar-refractivity contribution in [1.29, 1.82) is 0 Å². The lowest BCUT2D eigenvalue weighted by molar-refractivity contribution is -0.130. The first-order valence-corrected chi connectivity index (χ1v) is 9.48. The molecule has 0 aliphatic carbocycles. The fourth-order valence-electron chi connectivity index (χ4n) is 2.97. The summed E-state index contributed by atoms with van der Waals surface area (Å²) in [6, 6.07) is 10.6. The molecule has 1 aliphatic rings. The van der Waals surface area contributed by atoms with Crippen molar-refractivity contribution >= 4 is 23.3 Å². The van der Waals surface area contributed by atoms with Crippen molar-refractivity contribution in [2.24, 2.45) is 0 Å². The quantitative estimate of drug-likeness (QED) is 0.832. The van der Waals surface area contributed by atoms with E-state index in [1.807, 2.05) is 12.1 Å². The van der Waals surface area contributed by atoms with Gasteiger partial charge in [-0.15, -0.1) is 0 Å². The zero-order chi connectivity index (χ0) is 19.9. The van der Waals surface area contributed by atoms with Gasteiger partial charge in [-0.2, -0.15) is 0 Å². The lowest BCUT2D eigenvalue weighted by Crippen LogP contribution is -2.30. The smallest absolute Gasteiger partial charge is 0.259 e. The Morgan fingerprint density at radius 2 is 1.93 bits per heavy atom. The summed E-state index contributed by atoms with van der Waals surface area (Å²) < 4.78 is 5.46. The van der Waals surface area contributed by atoms with Crippen LogP contribution >= 0.6 is 0 Å². The molecule has 0 bridgehead atoms. The van der Waals surface area contributed by atoms with Crippen LogP contribution in [0.5, 0.6) is 5.75 Å². The maximum absolute atomic E-state index is 12.5. The maximum Gasteiger partial charge on any atom is 0.259 e. The summed E-state index contributed by atoms with van der Waals surface area (Å²) in [7, 11) is 3.33. The average Bonchev–Trinajstić information content (AvgIpc) is 2.73. The Morgan fingerprint density at radius 1 is 1.14 bits per heavy atom. The molecule has 0 radical (unpaired) electrons. The number of nitrogens with one attached hydrogen (secondary N) is 1. The Morgan fingerprint density at radius 3 is 2.61 bits per heavy atom. The van der Waals surface area contributed by atoms with Gasteiger partial charge in [-0.05, 0) is 49.6 Å². The minimum atomic E-state index is -0.253. The highest BCUT2D eigenvalue weighted by Crippen LogP contribution is 2.20. The minimum Gasteiger partial charge on any atom is -0.484 e. The molecule has 0 atom stereocenters. The second-order valence-corrected chi connectivity index (χ2v) is 7.01. The fourth-order valence-corrected chi connectivity index (χ4v) is 2.97. The molecule has 7 heteroatoms. The highest BCUT2D eigenvalue weighted by Gasteiger charge is 2.13. The summed E-state index contributed by atoms with van der Waals surface area (Å²) in [6.45, 7) is 1.99. The zero-order valence-corrected chi connectivity index (χ0v) is 16.4. The van der Waals surface area contributed by atoms with Crippen molar-refractivity contribution in [1.82, 2.24) is 9.88 Å². The Bertz CT molecular complexity index is 815. The molecule has 1 aliphatic heterocycles. The van der Waals surface area contributed by atoms with Gasteiger partial charge in [0.1, 0.15) is 11.6 Å². The van der Waals surface area contributed by atoms with Gasteiger partial charge in [0.2, 0.25) is 0 Å². The van der Waals surface area contributed by atoms with Crippen LogP contribution < -0.4 is 15.0 Å². The molecular weight excluding hydrogens is 356 g/mol. The monoisotopic (exact) mass is 382 g/mol. The number of hydrogen-bond donors (Lipinski definition) is 1. The molecule has 1 aromatic carbocycles. The molecule has 2 aromatic rings. The van der Waals surface area contributed by atoms with Gasteiger partial charge in [-0.3, -0.25) is 9.59 Å². The van der Waals surface area contributed by atoms with E-state index in [9.17, 15) is 9.59 Å². The van der Waals surface area contributed by atoms with Gasteiger partial charge in [0, 0.05) is 32.7 Å². The van der Waals surface area contributed by atoms with Gasteiger partial charge in [-0.1, -0.05) is 6.07 Å². The number of nitrogens with zero attached hydrogens (tertiary/aromatic N) is 3. The lowest BCUT2D eigenvalue weighted by Gasteiger charge is -2.27. The Balaban J connectivity index is 1.59. The summed E-state index contributed by atoms with van der Waals surface area (Å²) in [5.74, 6) is 1.02. The number of ether oxygens (including phenoxy) is 1. The van der Waals surface area contributed by atoms with Gasteiger partial charge in [0.25, 0.3) is 11.8 Å². The van der Waals surface area contributed by atoms with Gasteiger partial charge in [0.15, 0.2) is 6.61 Å². The fraction of sp³-hybridized carbons (Fsp3) is 0.381. The molecule has 28 heavy (non-hydrogen) atoms. The standard InChI is InChI=1S/C21H26N4O3/c1-24(2)20(26)15-28-18-8-6-7-16(13-18)21(27)23-17-9-10-19(22-14-17)25-11-4-3-5-12-25/h6-10,13-14H,3-5,11-12,15H2,1-2H3,(H,23,27). The first kappa shape index (κ1) is 19.7. The largest absolute Gasteiger partial charge is 0.484 e. The molecule has 0 unspecified atom stereocenters. The van der Waals surface area contributed by atoms with Crippen molar-refractivity contribution in [2.45, 2.75) is 19.3 Å². The van der Waals surface area contributed by atoms with Gasteiger partial charge in [-0.25, -0.2) is 4.98 Å². The third-order valence-corrected chi connectivity index (χ3v) is 4.64. The highest BCUT2D eigenvalue weighted by atomic mass is 16.5. The number of carbonyl (C=O) groups excluding carboxylic acids is 2. The van der Waals surface area contributed by atoms with Crippen molar-refractivity contribution in [3.05, 3.63) is 48.2 Å². The number of rotatable bonds is 6. The van der Waals surface area contributed by atoms with E-state index in [2.05, 4.69) is 15.2 Å². The molecule has 1 N–H and O–H groups in total. The lowest BCUT2D eigenvalue weighted by atomic mass is 10.1. The Labute approximate surface area is 165 Å². The molecule has 7 nitrogen and oxygen atoms in total. The van der Waals surface area contributed by atoms with E-state index < -0.39 is 0 Å². The molecule has 2 heterocycles. The summed E-state index contributed by atoms with van der Waals surface area (Å²) >= 11 is 0. The van der Waals surface area contributed by atoms with Crippen LogP contribution in [-0.4, -0.2) is 55.5 Å².